The molecule has 0 saturated carbocycles. The Bertz CT molecular complexity index is 2560. The van der Waals surface area contributed by atoms with Gasteiger partial charge in [-0.25, -0.2) is 19.9 Å². The molecule has 0 atom stereocenters. The number of nitrogens with zero attached hydrogens (tertiary/aromatic N) is 5. The first-order valence-corrected chi connectivity index (χ1v) is 16.6. The van der Waals surface area contributed by atoms with Crippen molar-refractivity contribution >= 4 is 21.7 Å². The molecule has 234 valence electrons. The number of fused-ring (bicyclic) bond motifs is 3. The first-order chi connectivity index (χ1) is 24.8. The van der Waals surface area contributed by atoms with E-state index < -0.39 is 0 Å². The molecule has 0 fully saturated rings. The van der Waals surface area contributed by atoms with Gasteiger partial charge in [0.2, 0.25) is 0 Å². The number of para-hydroxylation sites is 1. The van der Waals surface area contributed by atoms with Gasteiger partial charge >= 0.3 is 0 Å². The van der Waals surface area contributed by atoms with Gasteiger partial charge in [0.05, 0.1) is 11.2 Å². The monoisotopic (exact) mass is 639 g/mol. The SMILES string of the molecule is c1ccc(-c2ccc(-c3cc(-c4nc(-c5ccccc5)nc(-c5ccccc5)n4)cc(-c4nc5ccccc5c5ccncc45)c3)cc2)cc1. The average molecular weight is 640 g/mol. The number of aromatic nitrogens is 5. The van der Waals surface area contributed by atoms with Gasteiger partial charge in [0, 0.05) is 45.4 Å². The number of benzene rings is 6. The van der Waals surface area contributed by atoms with Crippen LogP contribution in [0.5, 0.6) is 0 Å². The molecule has 0 bridgehead atoms. The molecule has 6 aromatic carbocycles. The molecule has 0 aliphatic heterocycles. The van der Waals surface area contributed by atoms with Crippen molar-refractivity contribution in [3.8, 4) is 67.7 Å². The van der Waals surface area contributed by atoms with Crippen LogP contribution in [0.1, 0.15) is 0 Å². The van der Waals surface area contributed by atoms with Crippen LogP contribution >= 0.6 is 0 Å². The molecule has 3 aromatic heterocycles. The molecule has 50 heavy (non-hydrogen) atoms. The molecule has 0 amide bonds. The molecule has 9 rings (SSSR count). The van der Waals surface area contributed by atoms with Crippen molar-refractivity contribution in [3.05, 3.63) is 176 Å². The van der Waals surface area contributed by atoms with Gasteiger partial charge in [0.25, 0.3) is 0 Å². The van der Waals surface area contributed by atoms with Gasteiger partial charge in [-0.2, -0.15) is 0 Å². The van der Waals surface area contributed by atoms with Crippen LogP contribution in [0.2, 0.25) is 0 Å². The highest BCUT2D eigenvalue weighted by Crippen LogP contribution is 2.37. The van der Waals surface area contributed by atoms with Crippen molar-refractivity contribution in [2.75, 3.05) is 0 Å². The van der Waals surface area contributed by atoms with Gasteiger partial charge in [-0.1, -0.05) is 133 Å². The topological polar surface area (TPSA) is 64.5 Å². The molecule has 0 unspecified atom stereocenters. The Balaban J connectivity index is 1.28. The smallest absolute Gasteiger partial charge is 0.164 e. The van der Waals surface area contributed by atoms with Gasteiger partial charge in [0.1, 0.15) is 0 Å². The van der Waals surface area contributed by atoms with E-state index in [0.717, 1.165) is 66.3 Å². The summed E-state index contributed by atoms with van der Waals surface area (Å²) < 4.78 is 0. The number of hydrogen-bond donors (Lipinski definition) is 0. The second-order valence-electron chi connectivity index (χ2n) is 12.2. The average Bonchev–Trinajstić information content (AvgIpc) is 3.21. The molecule has 5 nitrogen and oxygen atoms in total. The minimum absolute atomic E-state index is 0.588. The summed E-state index contributed by atoms with van der Waals surface area (Å²) in [5, 5.41) is 3.19. The summed E-state index contributed by atoms with van der Waals surface area (Å²) in [6.07, 6.45) is 3.75. The first kappa shape index (κ1) is 29.3. The van der Waals surface area contributed by atoms with E-state index >= 15 is 0 Å². The first-order valence-electron chi connectivity index (χ1n) is 16.6. The van der Waals surface area contributed by atoms with Crippen molar-refractivity contribution in [2.45, 2.75) is 0 Å². The van der Waals surface area contributed by atoms with Crippen molar-refractivity contribution in [1.29, 1.82) is 0 Å². The zero-order chi connectivity index (χ0) is 33.3. The quantitative estimate of drug-likeness (QED) is 0.169. The lowest BCUT2D eigenvalue weighted by molar-refractivity contribution is 1.07. The number of hydrogen-bond acceptors (Lipinski definition) is 5. The van der Waals surface area contributed by atoms with E-state index in [1.807, 2.05) is 85.2 Å². The van der Waals surface area contributed by atoms with Crippen LogP contribution < -0.4 is 0 Å². The predicted octanol–water partition coefficient (Wildman–Crippen LogP) is 11.0. The lowest BCUT2D eigenvalue weighted by Gasteiger charge is -2.14. The van der Waals surface area contributed by atoms with E-state index in [0.29, 0.717) is 17.5 Å². The third-order valence-electron chi connectivity index (χ3n) is 8.99. The third kappa shape index (κ3) is 5.57. The lowest BCUT2D eigenvalue weighted by Crippen LogP contribution is -2.00. The second kappa shape index (κ2) is 12.6. The Morgan fingerprint density at radius 3 is 1.42 bits per heavy atom. The highest BCUT2D eigenvalue weighted by Gasteiger charge is 2.17. The van der Waals surface area contributed by atoms with Gasteiger partial charge in [-0.3, -0.25) is 4.98 Å². The fourth-order valence-corrected chi connectivity index (χ4v) is 6.50. The van der Waals surface area contributed by atoms with E-state index in [2.05, 4.69) is 96.0 Å². The molecule has 0 aliphatic carbocycles. The maximum Gasteiger partial charge on any atom is 0.164 e. The standard InChI is InChI=1S/C45H29N5/c1-4-12-30(13-5-1)31-20-22-32(23-21-31)35-26-36(42-40-29-46-25-24-38(40)39-18-10-11-19-41(39)47-42)28-37(27-35)45-49-43(33-14-6-2-7-15-33)48-44(50-45)34-16-8-3-9-17-34/h1-29H. The fourth-order valence-electron chi connectivity index (χ4n) is 6.50. The minimum Gasteiger partial charge on any atom is -0.264 e. The normalized spacial score (nSPS) is 11.2. The zero-order valence-corrected chi connectivity index (χ0v) is 27.0. The Hall–Kier alpha value is -6.85. The van der Waals surface area contributed by atoms with Gasteiger partial charge in [0.15, 0.2) is 17.5 Å². The van der Waals surface area contributed by atoms with Gasteiger partial charge in [-0.05, 0) is 58.0 Å². The molecule has 0 spiro atoms. The molecule has 5 heteroatoms. The summed E-state index contributed by atoms with van der Waals surface area (Å²) in [4.78, 5) is 24.8. The maximum absolute atomic E-state index is 5.23. The van der Waals surface area contributed by atoms with Crippen LogP contribution in [0.25, 0.3) is 89.4 Å². The maximum atomic E-state index is 5.23. The molecular weight excluding hydrogens is 611 g/mol. The second-order valence-corrected chi connectivity index (χ2v) is 12.2. The molecular formula is C45H29N5. The summed E-state index contributed by atoms with van der Waals surface area (Å²) in [7, 11) is 0. The highest BCUT2D eigenvalue weighted by molar-refractivity contribution is 6.10. The van der Waals surface area contributed by atoms with Crippen LogP contribution in [-0.2, 0) is 0 Å². The highest BCUT2D eigenvalue weighted by atomic mass is 15.0. The van der Waals surface area contributed by atoms with E-state index in [1.165, 1.54) is 5.56 Å². The van der Waals surface area contributed by atoms with Crippen LogP contribution in [0.15, 0.2) is 176 Å². The lowest BCUT2D eigenvalue weighted by atomic mass is 9.94. The Kier molecular flexibility index (Phi) is 7.41. The van der Waals surface area contributed by atoms with Crippen LogP contribution in [0, 0.1) is 0 Å². The summed E-state index contributed by atoms with van der Waals surface area (Å²) in [6, 6.07) is 56.1. The number of rotatable bonds is 6. The van der Waals surface area contributed by atoms with E-state index in [1.54, 1.807) is 0 Å². The van der Waals surface area contributed by atoms with E-state index in [9.17, 15) is 0 Å². The van der Waals surface area contributed by atoms with E-state index in [-0.39, 0.29) is 0 Å². The van der Waals surface area contributed by atoms with Crippen molar-refractivity contribution in [3.63, 3.8) is 0 Å². The minimum atomic E-state index is 0.588. The molecule has 9 aromatic rings. The molecule has 3 heterocycles. The summed E-state index contributed by atoms with van der Waals surface area (Å²) in [6.45, 7) is 0. The molecule has 0 aliphatic rings. The van der Waals surface area contributed by atoms with E-state index in [4.69, 9.17) is 19.9 Å². The molecule has 0 N–H and O–H groups in total. The van der Waals surface area contributed by atoms with Crippen molar-refractivity contribution in [1.82, 2.24) is 24.9 Å². The third-order valence-corrected chi connectivity index (χ3v) is 8.99. The van der Waals surface area contributed by atoms with Crippen molar-refractivity contribution in [2.24, 2.45) is 0 Å². The molecule has 0 radical (unpaired) electrons. The molecule has 0 saturated heterocycles. The Morgan fingerprint density at radius 1 is 0.300 bits per heavy atom. The van der Waals surface area contributed by atoms with Gasteiger partial charge < -0.3 is 0 Å². The summed E-state index contributed by atoms with van der Waals surface area (Å²) >= 11 is 0. The van der Waals surface area contributed by atoms with Crippen LogP contribution in [-0.4, -0.2) is 24.9 Å². The van der Waals surface area contributed by atoms with Gasteiger partial charge in [-0.15, -0.1) is 0 Å². The predicted molar refractivity (Wildman–Crippen MR) is 203 cm³/mol. The largest absolute Gasteiger partial charge is 0.264 e. The zero-order valence-electron chi connectivity index (χ0n) is 27.0. The fraction of sp³-hybridized carbons (Fsp3) is 0. The van der Waals surface area contributed by atoms with Crippen molar-refractivity contribution < 1.29 is 0 Å². The van der Waals surface area contributed by atoms with Crippen LogP contribution in [0.4, 0.5) is 0 Å². The Labute approximate surface area is 289 Å². The number of pyridine rings is 2. The van der Waals surface area contributed by atoms with Crippen LogP contribution in [0.3, 0.4) is 0 Å². The summed E-state index contributed by atoms with van der Waals surface area (Å²) in [5.74, 6) is 1.82. The Morgan fingerprint density at radius 2 is 0.780 bits per heavy atom. The summed E-state index contributed by atoms with van der Waals surface area (Å²) in [5.41, 5.74) is 9.92.